The van der Waals surface area contributed by atoms with Crippen LogP contribution in [0.25, 0.3) is 0 Å². The van der Waals surface area contributed by atoms with Gasteiger partial charge in [-0.15, -0.1) is 5.10 Å². The Morgan fingerprint density at radius 1 is 1.47 bits per heavy atom. The molecule has 1 heterocycles. The topological polar surface area (TPSA) is 64.9 Å². The quantitative estimate of drug-likeness (QED) is 0.749. The third-order valence-corrected chi connectivity index (χ3v) is 2.09. The van der Waals surface area contributed by atoms with Gasteiger partial charge in [0.1, 0.15) is 6.61 Å². The van der Waals surface area contributed by atoms with Gasteiger partial charge in [-0.2, -0.15) is 13.2 Å². The largest absolute Gasteiger partial charge is 0.411 e. The molecule has 9 heteroatoms. The van der Waals surface area contributed by atoms with Crippen molar-refractivity contribution in [2.24, 2.45) is 0 Å². The fraction of sp³-hybridized carbons (Fsp3) is 0.875. The molecular formula is C8H14F3N5O. The standard InChI is InChI=1S/C8H14F3N5O/c1-6(12-2)7-13-14-15-16(7)3-4-17-5-8(9,10)11/h6,12H,3-5H2,1-2H3. The molecule has 6 nitrogen and oxygen atoms in total. The minimum atomic E-state index is -4.30. The molecule has 1 unspecified atom stereocenters. The zero-order valence-electron chi connectivity index (χ0n) is 9.53. The van der Waals surface area contributed by atoms with Gasteiger partial charge in [-0.25, -0.2) is 4.68 Å². The highest BCUT2D eigenvalue weighted by Gasteiger charge is 2.27. The highest BCUT2D eigenvalue weighted by Crippen LogP contribution is 2.14. The van der Waals surface area contributed by atoms with Crippen LogP contribution >= 0.6 is 0 Å². The Morgan fingerprint density at radius 2 is 2.18 bits per heavy atom. The van der Waals surface area contributed by atoms with Gasteiger partial charge in [-0.05, 0) is 24.4 Å². The van der Waals surface area contributed by atoms with Gasteiger partial charge in [-0.3, -0.25) is 0 Å². The molecule has 1 aromatic heterocycles. The molecule has 1 rings (SSSR count). The molecule has 0 aliphatic carbocycles. The third kappa shape index (κ3) is 4.65. The molecule has 0 saturated heterocycles. The maximum absolute atomic E-state index is 11.8. The Kier molecular flexibility index (Phi) is 4.82. The highest BCUT2D eigenvalue weighted by molar-refractivity contribution is 4.88. The van der Waals surface area contributed by atoms with E-state index in [1.807, 2.05) is 6.92 Å². The maximum atomic E-state index is 11.8. The summed E-state index contributed by atoms with van der Waals surface area (Å²) in [4.78, 5) is 0. The van der Waals surface area contributed by atoms with Crippen LogP contribution < -0.4 is 5.32 Å². The molecule has 1 atom stereocenters. The first kappa shape index (κ1) is 13.8. The second-order valence-corrected chi connectivity index (χ2v) is 3.44. The Labute approximate surface area is 96.1 Å². The SMILES string of the molecule is CNC(C)c1nnnn1CCOCC(F)(F)F. The Bertz CT molecular complexity index is 340. The van der Waals surface area contributed by atoms with Gasteiger partial charge < -0.3 is 10.1 Å². The van der Waals surface area contributed by atoms with Gasteiger partial charge in [0.2, 0.25) is 0 Å². The monoisotopic (exact) mass is 253 g/mol. The third-order valence-electron chi connectivity index (χ3n) is 2.09. The summed E-state index contributed by atoms with van der Waals surface area (Å²) in [6, 6.07) is -0.0763. The lowest BCUT2D eigenvalue weighted by Crippen LogP contribution is -2.22. The zero-order chi connectivity index (χ0) is 12.9. The van der Waals surface area contributed by atoms with Crippen molar-refractivity contribution < 1.29 is 17.9 Å². The number of ether oxygens (including phenoxy) is 1. The summed E-state index contributed by atoms with van der Waals surface area (Å²) in [6.45, 7) is 0.684. The van der Waals surface area contributed by atoms with Crippen molar-refractivity contribution in [2.75, 3.05) is 20.3 Å². The van der Waals surface area contributed by atoms with Crippen molar-refractivity contribution in [3.05, 3.63) is 5.82 Å². The molecule has 1 N–H and O–H groups in total. The van der Waals surface area contributed by atoms with Gasteiger partial charge in [0.25, 0.3) is 0 Å². The highest BCUT2D eigenvalue weighted by atomic mass is 19.4. The molecule has 0 aliphatic rings. The summed E-state index contributed by atoms with van der Waals surface area (Å²) < 4.78 is 41.3. The van der Waals surface area contributed by atoms with Crippen LogP contribution in [-0.2, 0) is 11.3 Å². The van der Waals surface area contributed by atoms with Gasteiger partial charge >= 0.3 is 6.18 Å². The minimum Gasteiger partial charge on any atom is -0.370 e. The van der Waals surface area contributed by atoms with Crippen molar-refractivity contribution >= 4 is 0 Å². The van der Waals surface area contributed by atoms with E-state index in [0.29, 0.717) is 5.82 Å². The molecule has 0 fully saturated rings. The van der Waals surface area contributed by atoms with E-state index in [-0.39, 0.29) is 19.2 Å². The van der Waals surface area contributed by atoms with Crippen molar-refractivity contribution in [1.29, 1.82) is 0 Å². The van der Waals surface area contributed by atoms with Gasteiger partial charge in [0, 0.05) is 0 Å². The summed E-state index contributed by atoms with van der Waals surface area (Å²) >= 11 is 0. The number of hydrogen-bond donors (Lipinski definition) is 1. The summed E-state index contributed by atoms with van der Waals surface area (Å²) in [6.07, 6.45) is -4.30. The molecule has 98 valence electrons. The normalized spacial score (nSPS) is 13.9. The lowest BCUT2D eigenvalue weighted by Gasteiger charge is -2.11. The van der Waals surface area contributed by atoms with E-state index in [4.69, 9.17) is 0 Å². The summed E-state index contributed by atoms with van der Waals surface area (Å²) in [5.74, 6) is 0.558. The van der Waals surface area contributed by atoms with Crippen molar-refractivity contribution in [3.8, 4) is 0 Å². The van der Waals surface area contributed by atoms with Gasteiger partial charge in [-0.1, -0.05) is 0 Å². The fourth-order valence-electron chi connectivity index (χ4n) is 1.15. The molecule has 0 amide bonds. The number of tetrazole rings is 1. The smallest absolute Gasteiger partial charge is 0.370 e. The number of alkyl halides is 3. The fourth-order valence-corrected chi connectivity index (χ4v) is 1.15. The van der Waals surface area contributed by atoms with E-state index in [0.717, 1.165) is 0 Å². The van der Waals surface area contributed by atoms with Crippen LogP contribution in [0, 0.1) is 0 Å². The van der Waals surface area contributed by atoms with E-state index in [1.54, 1.807) is 7.05 Å². The van der Waals surface area contributed by atoms with E-state index in [1.165, 1.54) is 4.68 Å². The van der Waals surface area contributed by atoms with Gasteiger partial charge in [0.15, 0.2) is 5.82 Å². The maximum Gasteiger partial charge on any atom is 0.411 e. The molecule has 0 spiro atoms. The van der Waals surface area contributed by atoms with Crippen LogP contribution in [0.3, 0.4) is 0 Å². The van der Waals surface area contributed by atoms with Crippen LogP contribution in [0.4, 0.5) is 13.2 Å². The lowest BCUT2D eigenvalue weighted by molar-refractivity contribution is -0.174. The first-order valence-corrected chi connectivity index (χ1v) is 5.02. The zero-order valence-corrected chi connectivity index (χ0v) is 9.53. The van der Waals surface area contributed by atoms with Gasteiger partial charge in [0.05, 0.1) is 19.2 Å². The molecule has 0 aromatic carbocycles. The lowest BCUT2D eigenvalue weighted by atomic mass is 10.3. The van der Waals surface area contributed by atoms with Crippen molar-refractivity contribution in [2.45, 2.75) is 25.7 Å². The molecular weight excluding hydrogens is 239 g/mol. The van der Waals surface area contributed by atoms with Crippen LogP contribution in [-0.4, -0.2) is 46.6 Å². The summed E-state index contributed by atoms with van der Waals surface area (Å²) in [5.41, 5.74) is 0. The Balaban J connectivity index is 2.39. The first-order valence-electron chi connectivity index (χ1n) is 5.02. The average Bonchev–Trinajstić information content (AvgIpc) is 2.70. The molecule has 1 aromatic rings. The molecule has 0 aliphatic heterocycles. The molecule has 0 radical (unpaired) electrons. The molecule has 0 saturated carbocycles. The molecule has 17 heavy (non-hydrogen) atoms. The van der Waals surface area contributed by atoms with E-state index in [2.05, 4.69) is 25.6 Å². The number of rotatable bonds is 6. The Hall–Kier alpha value is -1.22. The van der Waals surface area contributed by atoms with E-state index < -0.39 is 12.8 Å². The summed E-state index contributed by atoms with van der Waals surface area (Å²) in [5, 5.41) is 13.9. The number of nitrogens with zero attached hydrogens (tertiary/aromatic N) is 4. The van der Waals surface area contributed by atoms with Crippen molar-refractivity contribution in [1.82, 2.24) is 25.5 Å². The first-order chi connectivity index (χ1) is 7.94. The predicted octanol–water partition coefficient (Wildman–Crippen LogP) is 0.532. The second-order valence-electron chi connectivity index (χ2n) is 3.44. The average molecular weight is 253 g/mol. The minimum absolute atomic E-state index is 0.0763. The molecule has 0 bridgehead atoms. The van der Waals surface area contributed by atoms with Crippen LogP contribution in [0.1, 0.15) is 18.8 Å². The number of hydrogen-bond acceptors (Lipinski definition) is 5. The predicted molar refractivity (Wildman–Crippen MR) is 52.2 cm³/mol. The number of nitrogens with one attached hydrogen (secondary N) is 1. The van der Waals surface area contributed by atoms with E-state index >= 15 is 0 Å². The second kappa shape index (κ2) is 5.92. The van der Waals surface area contributed by atoms with Crippen LogP contribution in [0.5, 0.6) is 0 Å². The van der Waals surface area contributed by atoms with Crippen molar-refractivity contribution in [3.63, 3.8) is 0 Å². The Morgan fingerprint density at radius 3 is 2.76 bits per heavy atom. The number of halogens is 3. The van der Waals surface area contributed by atoms with Crippen LogP contribution in [0.2, 0.25) is 0 Å². The van der Waals surface area contributed by atoms with Crippen LogP contribution in [0.15, 0.2) is 0 Å². The van der Waals surface area contributed by atoms with E-state index in [9.17, 15) is 13.2 Å². The number of aromatic nitrogens is 4. The summed E-state index contributed by atoms with van der Waals surface area (Å²) in [7, 11) is 1.74.